The van der Waals surface area contributed by atoms with Gasteiger partial charge >= 0.3 is 0 Å². The van der Waals surface area contributed by atoms with Gasteiger partial charge in [0.15, 0.2) is 0 Å². The molecule has 1 fully saturated rings. The van der Waals surface area contributed by atoms with Crippen LogP contribution in [0.1, 0.15) is 47.4 Å². The smallest absolute Gasteiger partial charge is 0.250 e. The van der Waals surface area contributed by atoms with Gasteiger partial charge in [-0.2, -0.15) is 0 Å². The first-order valence-electron chi connectivity index (χ1n) is 9.68. The number of amides is 1. The molecule has 3 N–H and O–H groups in total. The number of aromatic amines is 1. The summed E-state index contributed by atoms with van der Waals surface area (Å²) in [5.41, 5.74) is 8.95. The summed E-state index contributed by atoms with van der Waals surface area (Å²) < 4.78 is 0. The summed E-state index contributed by atoms with van der Waals surface area (Å²) in [7, 11) is 0. The Hall–Kier alpha value is -2.66. The van der Waals surface area contributed by atoms with E-state index in [9.17, 15) is 4.79 Å². The van der Waals surface area contributed by atoms with Gasteiger partial charge in [0, 0.05) is 18.5 Å². The number of H-pyrrole nitrogens is 1. The van der Waals surface area contributed by atoms with Crippen molar-refractivity contribution >= 4 is 16.9 Å². The van der Waals surface area contributed by atoms with Gasteiger partial charge in [0.1, 0.15) is 11.3 Å². The third-order valence-corrected chi connectivity index (χ3v) is 5.72. The fourth-order valence-electron chi connectivity index (χ4n) is 4.06. The number of primary amides is 1. The predicted molar refractivity (Wildman–Crippen MR) is 108 cm³/mol. The van der Waals surface area contributed by atoms with Crippen molar-refractivity contribution in [2.45, 2.75) is 38.1 Å². The zero-order chi connectivity index (χ0) is 18.8. The summed E-state index contributed by atoms with van der Waals surface area (Å²) in [6.07, 6.45) is 3.35. The summed E-state index contributed by atoms with van der Waals surface area (Å²) in [5.74, 6) is 0.912. The molecule has 5 nitrogen and oxygen atoms in total. The molecule has 0 saturated carbocycles. The van der Waals surface area contributed by atoms with Crippen LogP contribution in [0.3, 0.4) is 0 Å². The Morgan fingerprint density at radius 3 is 2.85 bits per heavy atom. The van der Waals surface area contributed by atoms with Crippen LogP contribution >= 0.6 is 0 Å². The van der Waals surface area contributed by atoms with Crippen LogP contribution in [-0.4, -0.2) is 39.9 Å². The highest BCUT2D eigenvalue weighted by molar-refractivity contribution is 6.04. The van der Waals surface area contributed by atoms with Crippen molar-refractivity contribution in [3.05, 3.63) is 65.5 Å². The van der Waals surface area contributed by atoms with Crippen LogP contribution in [-0.2, 0) is 6.42 Å². The third-order valence-electron chi connectivity index (χ3n) is 5.72. The molecule has 1 amide bonds. The Balaban J connectivity index is 1.42. The minimum absolute atomic E-state index is 0.373. The lowest BCUT2D eigenvalue weighted by molar-refractivity contribution is 0.100. The van der Waals surface area contributed by atoms with Gasteiger partial charge in [-0.15, -0.1) is 0 Å². The van der Waals surface area contributed by atoms with Crippen molar-refractivity contribution in [3.63, 3.8) is 0 Å². The van der Waals surface area contributed by atoms with Gasteiger partial charge in [-0.1, -0.05) is 36.4 Å². The average Bonchev–Trinajstić information content (AvgIpc) is 3.33. The molecule has 0 bridgehead atoms. The van der Waals surface area contributed by atoms with Crippen molar-refractivity contribution in [2.75, 3.05) is 13.1 Å². The first-order valence-corrected chi connectivity index (χ1v) is 9.68. The molecule has 3 aromatic rings. The molecule has 2 aromatic carbocycles. The van der Waals surface area contributed by atoms with E-state index in [0.717, 1.165) is 43.7 Å². The van der Waals surface area contributed by atoms with Gasteiger partial charge < -0.3 is 10.7 Å². The van der Waals surface area contributed by atoms with E-state index in [1.807, 2.05) is 12.1 Å². The van der Waals surface area contributed by atoms with Gasteiger partial charge in [-0.05, 0) is 50.4 Å². The summed E-state index contributed by atoms with van der Waals surface area (Å²) in [6.45, 7) is 4.40. The van der Waals surface area contributed by atoms with Crippen molar-refractivity contribution in [1.29, 1.82) is 0 Å². The summed E-state index contributed by atoms with van der Waals surface area (Å²) in [6, 6.07) is 16.7. The molecule has 5 heteroatoms. The maximum atomic E-state index is 11.6. The van der Waals surface area contributed by atoms with Crippen LogP contribution in [0.5, 0.6) is 0 Å². The zero-order valence-electron chi connectivity index (χ0n) is 15.7. The van der Waals surface area contributed by atoms with Crippen molar-refractivity contribution in [1.82, 2.24) is 14.9 Å². The number of nitrogens with zero attached hydrogens (tertiary/aromatic N) is 2. The standard InChI is InChI=1S/C22H26N4O/c1-15(10-11-16-6-3-2-4-7-16)26-13-12-17(14-26)22-24-19-9-5-8-18(21(23)27)20(19)25-22/h2-9,15,17H,10-14H2,1H3,(H2,23,27)(H,24,25). The third kappa shape index (κ3) is 3.74. The molecule has 0 aliphatic carbocycles. The lowest BCUT2D eigenvalue weighted by atomic mass is 10.1. The largest absolute Gasteiger partial charge is 0.366 e. The van der Waals surface area contributed by atoms with E-state index in [1.54, 1.807) is 6.07 Å². The van der Waals surface area contributed by atoms with Gasteiger partial charge in [-0.25, -0.2) is 4.98 Å². The second-order valence-corrected chi connectivity index (χ2v) is 7.54. The Bertz CT molecular complexity index is 934. The first-order chi connectivity index (χ1) is 13.1. The maximum absolute atomic E-state index is 11.6. The molecule has 0 radical (unpaired) electrons. The summed E-state index contributed by atoms with van der Waals surface area (Å²) >= 11 is 0. The van der Waals surface area contributed by atoms with Crippen LogP contribution in [0.2, 0.25) is 0 Å². The van der Waals surface area contributed by atoms with Crippen LogP contribution < -0.4 is 5.73 Å². The minimum atomic E-state index is -0.429. The average molecular weight is 362 g/mol. The number of hydrogen-bond acceptors (Lipinski definition) is 3. The van der Waals surface area contributed by atoms with E-state index in [0.29, 0.717) is 23.0 Å². The number of benzene rings is 2. The monoisotopic (exact) mass is 362 g/mol. The molecule has 2 atom stereocenters. The number of nitrogens with two attached hydrogens (primary N) is 1. The Morgan fingerprint density at radius 1 is 1.26 bits per heavy atom. The quantitative estimate of drug-likeness (QED) is 0.705. The molecule has 1 aliphatic rings. The van der Waals surface area contributed by atoms with E-state index in [2.05, 4.69) is 47.1 Å². The molecule has 4 rings (SSSR count). The second kappa shape index (κ2) is 7.53. The Kier molecular flexibility index (Phi) is 4.94. The van der Waals surface area contributed by atoms with E-state index in [-0.39, 0.29) is 0 Å². The molecule has 140 valence electrons. The summed E-state index contributed by atoms with van der Waals surface area (Å²) in [4.78, 5) is 22.3. The van der Waals surface area contributed by atoms with Gasteiger partial charge in [0.05, 0.1) is 11.1 Å². The highest BCUT2D eigenvalue weighted by atomic mass is 16.1. The number of aromatic nitrogens is 2. The van der Waals surface area contributed by atoms with Crippen LogP contribution in [0.4, 0.5) is 0 Å². The fraction of sp³-hybridized carbons (Fsp3) is 0.364. The SMILES string of the molecule is CC(CCc1ccccc1)N1CCC(c2nc3c(C(N)=O)cccc3[nH]2)C1. The molecule has 0 spiro atoms. The number of likely N-dealkylation sites (tertiary alicyclic amines) is 1. The molecule has 1 aliphatic heterocycles. The Morgan fingerprint density at radius 2 is 2.07 bits per heavy atom. The van der Waals surface area contributed by atoms with Crippen molar-refractivity contribution in [3.8, 4) is 0 Å². The van der Waals surface area contributed by atoms with Crippen LogP contribution in [0.25, 0.3) is 11.0 Å². The fourth-order valence-corrected chi connectivity index (χ4v) is 4.06. The van der Waals surface area contributed by atoms with Crippen LogP contribution in [0.15, 0.2) is 48.5 Å². The number of carbonyl (C=O) groups is 1. The van der Waals surface area contributed by atoms with E-state index < -0.39 is 5.91 Å². The molecule has 27 heavy (non-hydrogen) atoms. The highest BCUT2D eigenvalue weighted by Crippen LogP contribution is 2.29. The predicted octanol–water partition coefficient (Wildman–Crippen LogP) is 3.47. The molecule has 1 saturated heterocycles. The molecular formula is C22H26N4O. The lowest BCUT2D eigenvalue weighted by Crippen LogP contribution is -2.31. The maximum Gasteiger partial charge on any atom is 0.250 e. The molecular weight excluding hydrogens is 336 g/mol. The van der Waals surface area contributed by atoms with E-state index >= 15 is 0 Å². The zero-order valence-corrected chi connectivity index (χ0v) is 15.7. The topological polar surface area (TPSA) is 75.0 Å². The normalized spacial score (nSPS) is 18.8. The molecule has 1 aromatic heterocycles. The number of aryl methyl sites for hydroxylation is 1. The van der Waals surface area contributed by atoms with E-state index in [4.69, 9.17) is 10.7 Å². The number of imidazole rings is 1. The molecule has 2 unspecified atom stereocenters. The minimum Gasteiger partial charge on any atom is -0.366 e. The van der Waals surface area contributed by atoms with Gasteiger partial charge in [0.2, 0.25) is 0 Å². The summed E-state index contributed by atoms with van der Waals surface area (Å²) in [5, 5.41) is 0. The first kappa shape index (κ1) is 17.7. The lowest BCUT2D eigenvalue weighted by Gasteiger charge is -2.24. The van der Waals surface area contributed by atoms with Gasteiger partial charge in [-0.3, -0.25) is 9.69 Å². The number of rotatable bonds is 6. The van der Waals surface area contributed by atoms with Crippen molar-refractivity contribution in [2.24, 2.45) is 5.73 Å². The second-order valence-electron chi connectivity index (χ2n) is 7.54. The Labute approximate surface area is 159 Å². The number of fused-ring (bicyclic) bond motifs is 1. The highest BCUT2D eigenvalue weighted by Gasteiger charge is 2.29. The van der Waals surface area contributed by atoms with Crippen LogP contribution in [0, 0.1) is 0 Å². The number of para-hydroxylation sites is 1. The number of nitrogens with one attached hydrogen (secondary N) is 1. The number of carbonyl (C=O) groups excluding carboxylic acids is 1. The van der Waals surface area contributed by atoms with Crippen molar-refractivity contribution < 1.29 is 4.79 Å². The number of hydrogen-bond donors (Lipinski definition) is 2. The molecule has 2 heterocycles. The van der Waals surface area contributed by atoms with E-state index in [1.165, 1.54) is 5.56 Å². The van der Waals surface area contributed by atoms with Gasteiger partial charge in [0.25, 0.3) is 5.91 Å².